The number of quaternary nitrogens is 1. The average molecular weight is 468 g/mol. The van der Waals surface area contributed by atoms with E-state index in [9.17, 15) is 14.7 Å². The van der Waals surface area contributed by atoms with Crippen molar-refractivity contribution in [3.05, 3.63) is 59.7 Å². The van der Waals surface area contributed by atoms with Gasteiger partial charge >= 0.3 is 5.91 Å². The first-order chi connectivity index (χ1) is 16.5. The molecular weight excluding hydrogens is 432 g/mol. The van der Waals surface area contributed by atoms with Gasteiger partial charge in [0.25, 0.3) is 5.91 Å². The predicted molar refractivity (Wildman–Crippen MR) is 129 cm³/mol. The van der Waals surface area contributed by atoms with Crippen molar-refractivity contribution in [1.82, 2.24) is 0 Å². The van der Waals surface area contributed by atoms with Crippen LogP contribution in [0.2, 0.25) is 0 Å². The second-order valence-electron chi connectivity index (χ2n) is 9.27. The lowest BCUT2D eigenvalue weighted by Gasteiger charge is -2.46. The molecule has 7 nitrogen and oxygen atoms in total. The molecule has 0 aliphatic carbocycles. The van der Waals surface area contributed by atoms with Crippen LogP contribution in [0.3, 0.4) is 0 Å². The molecule has 4 rings (SSSR count). The summed E-state index contributed by atoms with van der Waals surface area (Å²) in [6.07, 6.45) is 5.43. The predicted octanol–water partition coefficient (Wildman–Crippen LogP) is 3.62. The van der Waals surface area contributed by atoms with Gasteiger partial charge in [-0.1, -0.05) is 18.2 Å². The number of carbonyl (C=O) groups excluding carboxylic acids is 2. The first-order valence-corrected chi connectivity index (χ1v) is 12.4. The maximum absolute atomic E-state index is 14.0. The Morgan fingerprint density at radius 2 is 1.74 bits per heavy atom. The minimum atomic E-state index is -0.672. The van der Waals surface area contributed by atoms with Crippen molar-refractivity contribution in [2.45, 2.75) is 57.5 Å². The highest BCUT2D eigenvalue weighted by atomic mass is 16.5. The molecule has 1 atom stereocenters. The van der Waals surface area contributed by atoms with Crippen molar-refractivity contribution in [1.29, 1.82) is 0 Å². The Kier molecular flexibility index (Phi) is 7.98. The van der Waals surface area contributed by atoms with Gasteiger partial charge in [-0.2, -0.15) is 0 Å². The van der Waals surface area contributed by atoms with Crippen LogP contribution in [-0.4, -0.2) is 59.0 Å². The quantitative estimate of drug-likeness (QED) is 0.435. The van der Waals surface area contributed by atoms with Crippen LogP contribution >= 0.6 is 0 Å². The van der Waals surface area contributed by atoms with Crippen molar-refractivity contribution in [2.75, 3.05) is 31.3 Å². The van der Waals surface area contributed by atoms with Gasteiger partial charge < -0.3 is 14.9 Å². The molecule has 0 spiro atoms. The molecule has 1 fully saturated rings. The third-order valence-electron chi connectivity index (χ3n) is 6.89. The number of hydrogen-bond acceptors (Lipinski definition) is 5. The summed E-state index contributed by atoms with van der Waals surface area (Å²) in [4.78, 5) is 27.2. The lowest BCUT2D eigenvalue weighted by Crippen LogP contribution is -2.68. The molecule has 2 heterocycles. The van der Waals surface area contributed by atoms with E-state index < -0.39 is 6.10 Å². The number of likely N-dealkylation sites (tertiary alicyclic amines) is 1. The monoisotopic (exact) mass is 467 g/mol. The first-order valence-electron chi connectivity index (χ1n) is 12.4. The SMILES string of the molecule is O=C1CCc2ccccc2N1[N+]1(C(=O)c2ccc(OCCCCC(O)CO)cc2)CCCCC1. The molecule has 2 N–H and O–H groups in total. The molecular formula is C27H35N2O5+. The van der Waals surface area contributed by atoms with Gasteiger partial charge in [0.1, 0.15) is 24.5 Å². The zero-order valence-electron chi connectivity index (χ0n) is 19.7. The second kappa shape index (κ2) is 11.1. The number of anilines is 1. The molecule has 2 aromatic rings. The molecule has 0 aromatic heterocycles. The molecule has 182 valence electrons. The number of aliphatic hydroxyl groups excluding tert-OH is 2. The molecule has 2 aliphatic heterocycles. The molecule has 2 aliphatic rings. The lowest BCUT2D eigenvalue weighted by molar-refractivity contribution is -0.856. The van der Waals surface area contributed by atoms with Gasteiger partial charge in [-0.25, -0.2) is 4.79 Å². The standard InChI is InChI=1S/C27H35N2O5/c30-20-23(31)9-4-7-19-34-24-14-11-22(12-15-24)27(33)29(17-5-1-6-18-29)28-25-10-3-2-8-21(25)13-16-26(28)32/h2-3,8,10-12,14-15,23,30-31H,1,4-7,9,13,16-20H2/q+1. The highest BCUT2D eigenvalue weighted by Crippen LogP contribution is 2.36. The van der Waals surface area contributed by atoms with Gasteiger partial charge in [0.2, 0.25) is 0 Å². The topological polar surface area (TPSA) is 87.1 Å². The van der Waals surface area contributed by atoms with E-state index in [0.29, 0.717) is 50.3 Å². The molecule has 34 heavy (non-hydrogen) atoms. The zero-order valence-corrected chi connectivity index (χ0v) is 19.7. The van der Waals surface area contributed by atoms with Crippen molar-refractivity contribution >= 4 is 17.5 Å². The number of para-hydroxylation sites is 1. The van der Waals surface area contributed by atoms with E-state index in [4.69, 9.17) is 9.84 Å². The van der Waals surface area contributed by atoms with Crippen LogP contribution in [0.5, 0.6) is 5.75 Å². The van der Waals surface area contributed by atoms with Crippen molar-refractivity contribution < 1.29 is 29.1 Å². The smallest absolute Gasteiger partial charge is 0.370 e. The number of rotatable bonds is 9. The number of benzene rings is 2. The summed E-state index contributed by atoms with van der Waals surface area (Å²) < 4.78 is 5.81. The van der Waals surface area contributed by atoms with E-state index >= 15 is 0 Å². The summed E-state index contributed by atoms with van der Waals surface area (Å²) in [7, 11) is 0. The first kappa shape index (κ1) is 24.4. The number of aryl methyl sites for hydroxylation is 1. The van der Waals surface area contributed by atoms with Gasteiger partial charge in [-0.05, 0) is 80.8 Å². The van der Waals surface area contributed by atoms with Crippen LogP contribution in [0.4, 0.5) is 5.69 Å². The van der Waals surface area contributed by atoms with Crippen LogP contribution in [0.1, 0.15) is 60.9 Å². The minimum absolute atomic E-state index is 0.0141. The molecule has 2 amide bonds. The zero-order chi connectivity index (χ0) is 24.0. The van der Waals surface area contributed by atoms with Crippen LogP contribution < -0.4 is 9.75 Å². The third kappa shape index (κ3) is 5.17. The summed E-state index contributed by atoms with van der Waals surface area (Å²) in [5.41, 5.74) is 2.56. The fourth-order valence-electron chi connectivity index (χ4n) is 5.06. The van der Waals surface area contributed by atoms with Crippen molar-refractivity contribution in [2.24, 2.45) is 0 Å². The summed E-state index contributed by atoms with van der Waals surface area (Å²) in [5.74, 6) is 0.651. The van der Waals surface area contributed by atoms with E-state index in [-0.39, 0.29) is 23.0 Å². The highest BCUT2D eigenvalue weighted by molar-refractivity contribution is 5.98. The van der Waals surface area contributed by atoms with Gasteiger partial charge in [0.15, 0.2) is 0 Å². The van der Waals surface area contributed by atoms with Gasteiger partial charge in [-0.3, -0.25) is 4.79 Å². The highest BCUT2D eigenvalue weighted by Gasteiger charge is 2.49. The Balaban J connectivity index is 1.50. The number of amides is 2. The average Bonchev–Trinajstić information content (AvgIpc) is 2.88. The van der Waals surface area contributed by atoms with Crippen molar-refractivity contribution in [3.63, 3.8) is 0 Å². The Hall–Kier alpha value is -2.74. The van der Waals surface area contributed by atoms with E-state index in [1.54, 1.807) is 17.1 Å². The molecule has 0 bridgehead atoms. The Morgan fingerprint density at radius 1 is 1.00 bits per heavy atom. The number of piperidine rings is 1. The summed E-state index contributed by atoms with van der Waals surface area (Å²) >= 11 is 0. The fourth-order valence-corrected chi connectivity index (χ4v) is 5.06. The van der Waals surface area contributed by atoms with Crippen LogP contribution in [0.15, 0.2) is 48.5 Å². The van der Waals surface area contributed by atoms with Crippen LogP contribution in [0, 0.1) is 0 Å². The number of carbonyl (C=O) groups is 2. The normalized spacial score (nSPS) is 18.3. The molecule has 7 heteroatoms. The largest absolute Gasteiger partial charge is 0.494 e. The molecule has 1 saturated heterocycles. The van der Waals surface area contributed by atoms with E-state index in [1.807, 2.05) is 30.3 Å². The van der Waals surface area contributed by atoms with E-state index in [2.05, 4.69) is 6.07 Å². The van der Waals surface area contributed by atoms with Gasteiger partial charge in [-0.15, -0.1) is 9.60 Å². The third-order valence-corrected chi connectivity index (χ3v) is 6.89. The van der Waals surface area contributed by atoms with Crippen LogP contribution in [-0.2, 0) is 11.2 Å². The van der Waals surface area contributed by atoms with Gasteiger partial charge in [0.05, 0.1) is 24.9 Å². The molecule has 1 unspecified atom stereocenters. The summed E-state index contributed by atoms with van der Waals surface area (Å²) in [5, 5.41) is 20.0. The van der Waals surface area contributed by atoms with Gasteiger partial charge in [0, 0.05) is 6.42 Å². The minimum Gasteiger partial charge on any atom is -0.494 e. The fraction of sp³-hybridized carbons (Fsp3) is 0.481. The number of ether oxygens (including phenoxy) is 1. The maximum Gasteiger partial charge on any atom is 0.370 e. The van der Waals surface area contributed by atoms with E-state index in [0.717, 1.165) is 43.4 Å². The number of hydrogen-bond donors (Lipinski definition) is 2. The molecule has 0 radical (unpaired) electrons. The summed E-state index contributed by atoms with van der Waals surface area (Å²) in [6.45, 7) is 1.53. The number of fused-ring (bicyclic) bond motifs is 1. The van der Waals surface area contributed by atoms with Crippen molar-refractivity contribution in [3.8, 4) is 5.75 Å². The number of unbranched alkanes of at least 4 members (excludes halogenated alkanes) is 1. The van der Waals surface area contributed by atoms with E-state index in [1.165, 1.54) is 0 Å². The number of nitrogens with zero attached hydrogens (tertiary/aromatic N) is 2. The lowest BCUT2D eigenvalue weighted by atomic mass is 10.0. The molecule has 2 aromatic carbocycles. The molecule has 0 saturated carbocycles. The second-order valence-corrected chi connectivity index (χ2v) is 9.27. The number of aliphatic hydroxyl groups is 2. The Labute approximate surface area is 201 Å². The Bertz CT molecular complexity index is 985. The van der Waals surface area contributed by atoms with Crippen LogP contribution in [0.25, 0.3) is 0 Å². The summed E-state index contributed by atoms with van der Waals surface area (Å²) in [6, 6.07) is 15.1. The maximum atomic E-state index is 14.0. The Morgan fingerprint density at radius 3 is 2.47 bits per heavy atom.